The number of hydrogen-bond acceptors (Lipinski definition) is 4. The van der Waals surface area contributed by atoms with Crippen molar-refractivity contribution >= 4 is 5.69 Å². The zero-order chi connectivity index (χ0) is 14.1. The first kappa shape index (κ1) is 16.0. The molecule has 2 N–H and O–H groups in total. The number of aliphatic hydroxyl groups excluding tert-OH is 1. The number of aryl methyl sites for hydroxylation is 2. The van der Waals surface area contributed by atoms with Gasteiger partial charge in [0.1, 0.15) is 0 Å². The minimum absolute atomic E-state index is 0.387. The van der Waals surface area contributed by atoms with E-state index in [4.69, 9.17) is 4.74 Å². The first-order chi connectivity index (χ1) is 9.13. The molecule has 1 aromatic heterocycles. The van der Waals surface area contributed by atoms with Gasteiger partial charge in [0.2, 0.25) is 0 Å². The van der Waals surface area contributed by atoms with Gasteiger partial charge in [-0.3, -0.25) is 4.68 Å². The van der Waals surface area contributed by atoms with Crippen LogP contribution in [-0.4, -0.2) is 40.7 Å². The van der Waals surface area contributed by atoms with Crippen molar-refractivity contribution in [1.29, 1.82) is 0 Å². The number of unbranched alkanes of at least 4 members (excludes halogenated alkanes) is 3. The predicted octanol–water partition coefficient (Wildman–Crippen LogP) is 2.10. The average Bonchev–Trinajstić information content (AvgIpc) is 2.69. The Bertz CT molecular complexity index is 352. The first-order valence-corrected chi connectivity index (χ1v) is 7.13. The van der Waals surface area contributed by atoms with Gasteiger partial charge in [-0.05, 0) is 13.3 Å². The fourth-order valence-electron chi connectivity index (χ4n) is 1.91. The molecule has 0 saturated heterocycles. The van der Waals surface area contributed by atoms with E-state index >= 15 is 0 Å². The van der Waals surface area contributed by atoms with E-state index < -0.39 is 6.10 Å². The topological polar surface area (TPSA) is 59.3 Å². The molecule has 0 amide bonds. The summed E-state index contributed by atoms with van der Waals surface area (Å²) >= 11 is 0. The van der Waals surface area contributed by atoms with Crippen LogP contribution in [0.1, 0.15) is 38.3 Å². The molecule has 1 rings (SSSR count). The smallest absolute Gasteiger partial charge is 0.0945 e. The summed E-state index contributed by atoms with van der Waals surface area (Å²) in [6.07, 6.45) is 6.21. The maximum absolute atomic E-state index is 9.80. The molecule has 19 heavy (non-hydrogen) atoms. The molecule has 110 valence electrons. The van der Waals surface area contributed by atoms with Crippen LogP contribution in [0.2, 0.25) is 0 Å². The second-order valence-electron chi connectivity index (χ2n) is 4.97. The number of rotatable bonds is 10. The van der Waals surface area contributed by atoms with Crippen LogP contribution in [0.4, 0.5) is 5.69 Å². The summed E-state index contributed by atoms with van der Waals surface area (Å²) < 4.78 is 7.21. The summed E-state index contributed by atoms with van der Waals surface area (Å²) in [5.74, 6) is 0. The lowest BCUT2D eigenvalue weighted by Gasteiger charge is -2.12. The summed E-state index contributed by atoms with van der Waals surface area (Å²) in [7, 11) is 1.88. The Morgan fingerprint density at radius 1 is 1.42 bits per heavy atom. The zero-order valence-electron chi connectivity index (χ0n) is 12.4. The molecule has 0 aromatic carbocycles. The summed E-state index contributed by atoms with van der Waals surface area (Å²) in [5.41, 5.74) is 1.90. The van der Waals surface area contributed by atoms with E-state index in [9.17, 15) is 5.11 Å². The van der Waals surface area contributed by atoms with Crippen molar-refractivity contribution in [3.8, 4) is 0 Å². The highest BCUT2D eigenvalue weighted by molar-refractivity contribution is 5.45. The lowest BCUT2D eigenvalue weighted by Crippen LogP contribution is -2.25. The lowest BCUT2D eigenvalue weighted by molar-refractivity contribution is 0.0416. The molecule has 5 heteroatoms. The molecule has 0 saturated carbocycles. The maximum Gasteiger partial charge on any atom is 0.0945 e. The molecule has 0 aliphatic carbocycles. The number of hydrogen-bond donors (Lipinski definition) is 2. The van der Waals surface area contributed by atoms with Crippen LogP contribution >= 0.6 is 0 Å². The largest absolute Gasteiger partial charge is 0.389 e. The molecule has 0 bridgehead atoms. The summed E-state index contributed by atoms with van der Waals surface area (Å²) in [6, 6.07) is 0. The van der Waals surface area contributed by atoms with Gasteiger partial charge in [-0.15, -0.1) is 0 Å². The van der Waals surface area contributed by atoms with Crippen LogP contribution < -0.4 is 5.32 Å². The zero-order valence-corrected chi connectivity index (χ0v) is 12.4. The monoisotopic (exact) mass is 269 g/mol. The van der Waals surface area contributed by atoms with Crippen molar-refractivity contribution in [2.45, 2.75) is 45.6 Å². The minimum atomic E-state index is -0.481. The van der Waals surface area contributed by atoms with Gasteiger partial charge in [0.15, 0.2) is 0 Å². The van der Waals surface area contributed by atoms with E-state index in [1.54, 1.807) is 4.68 Å². The van der Waals surface area contributed by atoms with Gasteiger partial charge in [-0.2, -0.15) is 5.10 Å². The van der Waals surface area contributed by atoms with Gasteiger partial charge in [-0.1, -0.05) is 26.2 Å². The van der Waals surface area contributed by atoms with Crippen LogP contribution in [0.3, 0.4) is 0 Å². The number of aromatic nitrogens is 2. The van der Waals surface area contributed by atoms with Gasteiger partial charge in [-0.25, -0.2) is 0 Å². The Hall–Kier alpha value is -1.07. The number of anilines is 1. The second kappa shape index (κ2) is 8.93. The SMILES string of the molecule is CCCCCCOCC(O)CNc1cn(C)nc1C. The van der Waals surface area contributed by atoms with Gasteiger partial charge in [0.05, 0.1) is 24.1 Å². The number of ether oxygens (including phenoxy) is 1. The molecule has 1 unspecified atom stereocenters. The van der Waals surface area contributed by atoms with Crippen molar-refractivity contribution in [2.24, 2.45) is 7.05 Å². The van der Waals surface area contributed by atoms with E-state index in [1.807, 2.05) is 20.2 Å². The Balaban J connectivity index is 2.08. The fourth-order valence-corrected chi connectivity index (χ4v) is 1.91. The molecular formula is C14H27N3O2. The highest BCUT2D eigenvalue weighted by Gasteiger charge is 2.07. The van der Waals surface area contributed by atoms with Crippen molar-refractivity contribution in [1.82, 2.24) is 9.78 Å². The fraction of sp³-hybridized carbons (Fsp3) is 0.786. The second-order valence-corrected chi connectivity index (χ2v) is 4.97. The maximum atomic E-state index is 9.80. The third-order valence-corrected chi connectivity index (χ3v) is 2.99. The standard InChI is InChI=1S/C14H27N3O2/c1-4-5-6-7-8-19-11-13(18)9-15-14-10-17(3)16-12(14)2/h10,13,15,18H,4-9,11H2,1-3H3. The molecular weight excluding hydrogens is 242 g/mol. The molecule has 1 aromatic rings. The Morgan fingerprint density at radius 2 is 2.21 bits per heavy atom. The number of nitrogens with zero attached hydrogens (tertiary/aromatic N) is 2. The van der Waals surface area contributed by atoms with Gasteiger partial charge < -0.3 is 15.2 Å². The van der Waals surface area contributed by atoms with Crippen LogP contribution in [0.25, 0.3) is 0 Å². The van der Waals surface area contributed by atoms with Crippen molar-refractivity contribution in [3.05, 3.63) is 11.9 Å². The number of nitrogens with one attached hydrogen (secondary N) is 1. The van der Waals surface area contributed by atoms with Crippen molar-refractivity contribution < 1.29 is 9.84 Å². The highest BCUT2D eigenvalue weighted by Crippen LogP contribution is 2.11. The Morgan fingerprint density at radius 3 is 2.84 bits per heavy atom. The molecule has 1 atom stereocenters. The van der Waals surface area contributed by atoms with E-state index in [1.165, 1.54) is 19.3 Å². The molecule has 1 heterocycles. The van der Waals surface area contributed by atoms with E-state index in [0.29, 0.717) is 13.2 Å². The molecule has 0 radical (unpaired) electrons. The van der Waals surface area contributed by atoms with Gasteiger partial charge >= 0.3 is 0 Å². The normalized spacial score (nSPS) is 12.6. The van der Waals surface area contributed by atoms with Crippen LogP contribution in [0, 0.1) is 6.92 Å². The van der Waals surface area contributed by atoms with Gasteiger partial charge in [0.25, 0.3) is 0 Å². The molecule has 0 fully saturated rings. The third-order valence-electron chi connectivity index (χ3n) is 2.99. The van der Waals surface area contributed by atoms with Crippen LogP contribution in [0.15, 0.2) is 6.20 Å². The molecule has 0 spiro atoms. The predicted molar refractivity (Wildman–Crippen MR) is 77.4 cm³/mol. The third kappa shape index (κ3) is 6.59. The average molecular weight is 269 g/mol. The number of aliphatic hydroxyl groups is 1. The van der Waals surface area contributed by atoms with Crippen molar-refractivity contribution in [3.63, 3.8) is 0 Å². The van der Waals surface area contributed by atoms with E-state index in [0.717, 1.165) is 24.4 Å². The van der Waals surface area contributed by atoms with Crippen LogP contribution in [0.5, 0.6) is 0 Å². The van der Waals surface area contributed by atoms with E-state index in [2.05, 4.69) is 17.3 Å². The van der Waals surface area contributed by atoms with Gasteiger partial charge in [0, 0.05) is 26.4 Å². The summed E-state index contributed by atoms with van der Waals surface area (Å²) in [6.45, 7) is 5.75. The summed E-state index contributed by atoms with van der Waals surface area (Å²) in [4.78, 5) is 0. The Kier molecular flexibility index (Phi) is 7.52. The van der Waals surface area contributed by atoms with E-state index in [-0.39, 0.29) is 0 Å². The summed E-state index contributed by atoms with van der Waals surface area (Å²) in [5, 5.41) is 17.2. The highest BCUT2D eigenvalue weighted by atomic mass is 16.5. The first-order valence-electron chi connectivity index (χ1n) is 7.13. The van der Waals surface area contributed by atoms with Crippen LogP contribution in [-0.2, 0) is 11.8 Å². The molecule has 0 aliphatic rings. The lowest BCUT2D eigenvalue weighted by atomic mass is 10.2. The Labute approximate surface area is 116 Å². The quantitative estimate of drug-likeness (QED) is 0.639. The van der Waals surface area contributed by atoms with Crippen molar-refractivity contribution in [2.75, 3.05) is 25.1 Å². The molecule has 0 aliphatic heterocycles. The molecule has 5 nitrogen and oxygen atoms in total. The minimum Gasteiger partial charge on any atom is -0.389 e.